The molecule has 0 aliphatic heterocycles. The van der Waals surface area contributed by atoms with Crippen molar-refractivity contribution in [1.82, 2.24) is 10.3 Å². The lowest BCUT2D eigenvalue weighted by atomic mass is 10.1. The van der Waals surface area contributed by atoms with Crippen LogP contribution in [0.2, 0.25) is 5.02 Å². The number of thiocarbonyl (C=S) groups is 1. The topological polar surface area (TPSA) is 66.2 Å². The molecule has 0 spiro atoms. The number of aromatic amines is 1. The van der Waals surface area contributed by atoms with Crippen LogP contribution in [0.3, 0.4) is 0 Å². The third-order valence-electron chi connectivity index (χ3n) is 5.05. The summed E-state index contributed by atoms with van der Waals surface area (Å²) in [5.41, 5.74) is 3.10. The van der Waals surface area contributed by atoms with Gasteiger partial charge >= 0.3 is 5.97 Å². The number of benzene rings is 3. The molecule has 3 aromatic carbocycles. The van der Waals surface area contributed by atoms with Crippen LogP contribution in [0.4, 0.5) is 5.69 Å². The van der Waals surface area contributed by atoms with Crippen LogP contribution >= 0.6 is 23.8 Å². The third-order valence-corrected chi connectivity index (χ3v) is 5.53. The number of hydrogen-bond acceptors (Lipinski definition) is 3. The summed E-state index contributed by atoms with van der Waals surface area (Å²) in [5, 5.41) is 10.8. The Balaban J connectivity index is 1.48. The first-order valence-electron chi connectivity index (χ1n) is 10.1. The van der Waals surface area contributed by atoms with Crippen molar-refractivity contribution in [3.8, 4) is 0 Å². The molecule has 1 aromatic heterocycles. The van der Waals surface area contributed by atoms with Gasteiger partial charge in [-0.1, -0.05) is 48.0 Å². The number of carbonyl (C=O) groups is 1. The molecule has 0 saturated carbocycles. The number of nitrogens with one attached hydrogen (secondary N) is 3. The Morgan fingerprint density at radius 2 is 1.90 bits per heavy atom. The lowest BCUT2D eigenvalue weighted by Gasteiger charge is -2.13. The molecule has 7 heteroatoms. The van der Waals surface area contributed by atoms with Crippen molar-refractivity contribution in [2.24, 2.45) is 0 Å². The van der Waals surface area contributed by atoms with Crippen molar-refractivity contribution in [2.75, 3.05) is 18.5 Å². The summed E-state index contributed by atoms with van der Waals surface area (Å²) in [4.78, 5) is 15.6. The van der Waals surface area contributed by atoms with E-state index in [0.29, 0.717) is 35.4 Å². The van der Waals surface area contributed by atoms with Gasteiger partial charge in [0, 0.05) is 33.5 Å². The smallest absolute Gasteiger partial charge is 0.355 e. The lowest BCUT2D eigenvalue weighted by Crippen LogP contribution is -2.30. The van der Waals surface area contributed by atoms with Gasteiger partial charge in [0.25, 0.3) is 0 Å². The highest BCUT2D eigenvalue weighted by Crippen LogP contribution is 2.27. The third kappa shape index (κ3) is 4.65. The summed E-state index contributed by atoms with van der Waals surface area (Å²) >= 11 is 11.7. The van der Waals surface area contributed by atoms with E-state index in [1.54, 1.807) is 13.0 Å². The predicted molar refractivity (Wildman–Crippen MR) is 131 cm³/mol. The summed E-state index contributed by atoms with van der Waals surface area (Å²) in [7, 11) is 0. The molecular weight excluding hydrogens is 430 g/mol. The van der Waals surface area contributed by atoms with Crippen LogP contribution in [0.15, 0.2) is 60.7 Å². The molecule has 158 valence electrons. The Morgan fingerprint density at radius 3 is 2.74 bits per heavy atom. The number of anilines is 1. The van der Waals surface area contributed by atoms with Crippen LogP contribution in [0.5, 0.6) is 0 Å². The number of H-pyrrole nitrogens is 1. The number of hydrogen-bond donors (Lipinski definition) is 3. The molecule has 0 bridgehead atoms. The number of aromatic nitrogens is 1. The minimum absolute atomic E-state index is 0.311. The highest BCUT2D eigenvalue weighted by molar-refractivity contribution is 7.80. The monoisotopic (exact) mass is 451 g/mol. The van der Waals surface area contributed by atoms with Gasteiger partial charge < -0.3 is 20.4 Å². The van der Waals surface area contributed by atoms with Crippen LogP contribution in [0, 0.1) is 0 Å². The van der Waals surface area contributed by atoms with Gasteiger partial charge in [0.1, 0.15) is 5.69 Å². The fourth-order valence-electron chi connectivity index (χ4n) is 3.66. The molecule has 0 unspecified atom stereocenters. The van der Waals surface area contributed by atoms with E-state index in [0.717, 1.165) is 32.9 Å². The predicted octanol–water partition coefficient (Wildman–Crippen LogP) is 5.68. The molecule has 31 heavy (non-hydrogen) atoms. The maximum absolute atomic E-state index is 12.4. The number of ether oxygens (including phenoxy) is 1. The molecule has 0 amide bonds. The molecule has 0 saturated heterocycles. The fraction of sp³-hybridized carbons (Fsp3) is 0.167. The maximum atomic E-state index is 12.4. The summed E-state index contributed by atoms with van der Waals surface area (Å²) < 4.78 is 5.21. The number of carbonyl (C=O) groups excluding carboxylic acids is 1. The van der Waals surface area contributed by atoms with Gasteiger partial charge in [-0.25, -0.2) is 4.79 Å². The number of rotatable bonds is 6. The van der Waals surface area contributed by atoms with E-state index in [4.69, 9.17) is 28.6 Å². The van der Waals surface area contributed by atoms with E-state index < -0.39 is 0 Å². The lowest BCUT2D eigenvalue weighted by molar-refractivity contribution is 0.0519. The number of halogens is 1. The first-order chi connectivity index (χ1) is 15.1. The van der Waals surface area contributed by atoms with E-state index >= 15 is 0 Å². The Morgan fingerprint density at radius 1 is 1.10 bits per heavy atom. The molecule has 3 N–H and O–H groups in total. The SMILES string of the molecule is CCOC(=O)c1[nH]c2ccc(Cl)cc2c1CCNC(=S)Nc1cccc2ccccc12. The summed E-state index contributed by atoms with van der Waals surface area (Å²) in [6.45, 7) is 2.64. The van der Waals surface area contributed by atoms with E-state index in [1.165, 1.54) is 0 Å². The largest absolute Gasteiger partial charge is 0.461 e. The average Bonchev–Trinajstić information content (AvgIpc) is 3.12. The molecule has 1 heterocycles. The van der Waals surface area contributed by atoms with Gasteiger partial charge in [0.05, 0.1) is 6.61 Å². The van der Waals surface area contributed by atoms with Gasteiger partial charge in [-0.15, -0.1) is 0 Å². The second kappa shape index (κ2) is 9.37. The Bertz CT molecular complexity index is 1260. The first kappa shape index (κ1) is 21.2. The van der Waals surface area contributed by atoms with Crippen LogP contribution < -0.4 is 10.6 Å². The second-order valence-corrected chi connectivity index (χ2v) is 7.89. The van der Waals surface area contributed by atoms with E-state index in [9.17, 15) is 4.79 Å². The quantitative estimate of drug-likeness (QED) is 0.260. The minimum atomic E-state index is -0.374. The normalized spacial score (nSPS) is 10.9. The van der Waals surface area contributed by atoms with E-state index in [-0.39, 0.29) is 5.97 Å². The van der Waals surface area contributed by atoms with Gasteiger partial charge in [0.15, 0.2) is 5.11 Å². The molecule has 0 aliphatic rings. The molecule has 0 atom stereocenters. The van der Waals surface area contributed by atoms with E-state index in [1.807, 2.05) is 36.4 Å². The Kier molecular flexibility index (Phi) is 6.39. The van der Waals surface area contributed by atoms with Gasteiger partial charge in [-0.3, -0.25) is 0 Å². The molecule has 5 nitrogen and oxygen atoms in total. The Labute approximate surface area is 190 Å². The zero-order valence-corrected chi connectivity index (χ0v) is 18.6. The average molecular weight is 452 g/mol. The molecule has 0 fully saturated rings. The summed E-state index contributed by atoms with van der Waals surface area (Å²) in [6, 6.07) is 19.7. The van der Waals surface area contributed by atoms with Crippen LogP contribution in [-0.2, 0) is 11.2 Å². The molecule has 4 aromatic rings. The number of fused-ring (bicyclic) bond motifs is 2. The molecule has 0 radical (unpaired) electrons. The summed E-state index contributed by atoms with van der Waals surface area (Å²) in [5.74, 6) is -0.374. The van der Waals surface area contributed by atoms with Crippen molar-refractivity contribution < 1.29 is 9.53 Å². The van der Waals surface area contributed by atoms with Crippen LogP contribution in [0.1, 0.15) is 23.0 Å². The van der Waals surface area contributed by atoms with Crippen LogP contribution in [-0.4, -0.2) is 29.2 Å². The zero-order chi connectivity index (χ0) is 21.8. The first-order valence-corrected chi connectivity index (χ1v) is 10.8. The minimum Gasteiger partial charge on any atom is -0.461 e. The number of esters is 1. The van der Waals surface area contributed by atoms with Crippen molar-refractivity contribution >= 4 is 62.3 Å². The second-order valence-electron chi connectivity index (χ2n) is 7.05. The highest BCUT2D eigenvalue weighted by Gasteiger charge is 2.19. The van der Waals surface area contributed by atoms with Gasteiger partial charge in [-0.2, -0.15) is 0 Å². The van der Waals surface area contributed by atoms with E-state index in [2.05, 4.69) is 33.8 Å². The van der Waals surface area contributed by atoms with Crippen LogP contribution in [0.25, 0.3) is 21.7 Å². The van der Waals surface area contributed by atoms with Crippen molar-refractivity contribution in [3.05, 3.63) is 76.9 Å². The molecular formula is C24H22ClN3O2S. The molecule has 0 aliphatic carbocycles. The maximum Gasteiger partial charge on any atom is 0.355 e. The summed E-state index contributed by atoms with van der Waals surface area (Å²) in [6.07, 6.45) is 0.575. The van der Waals surface area contributed by atoms with Crippen molar-refractivity contribution in [2.45, 2.75) is 13.3 Å². The zero-order valence-electron chi connectivity index (χ0n) is 17.0. The van der Waals surface area contributed by atoms with Crippen molar-refractivity contribution in [3.63, 3.8) is 0 Å². The van der Waals surface area contributed by atoms with Gasteiger partial charge in [-0.05, 0) is 60.8 Å². The van der Waals surface area contributed by atoms with Crippen molar-refractivity contribution in [1.29, 1.82) is 0 Å². The standard InChI is InChI=1S/C24H22ClN3O2S/c1-2-30-23(29)22-18(19-14-16(25)10-11-21(19)27-22)12-13-26-24(31)28-20-9-5-7-15-6-3-4-8-17(15)20/h3-11,14,27H,2,12-13H2,1H3,(H2,26,28,31). The van der Waals surface area contributed by atoms with Gasteiger partial charge in [0.2, 0.25) is 0 Å². The fourth-order valence-corrected chi connectivity index (χ4v) is 4.04. The Hall–Kier alpha value is -3.09. The highest BCUT2D eigenvalue weighted by atomic mass is 35.5. The molecule has 4 rings (SSSR count).